The molecule has 1 aliphatic heterocycles. The second-order valence-corrected chi connectivity index (χ2v) is 6.39. The van der Waals surface area contributed by atoms with Gasteiger partial charge in [-0.15, -0.1) is 0 Å². The number of nitrogens with zero attached hydrogens (tertiary/aromatic N) is 2. The van der Waals surface area contributed by atoms with E-state index in [9.17, 15) is 4.79 Å². The fourth-order valence-corrected chi connectivity index (χ4v) is 2.00. The van der Waals surface area contributed by atoms with Crippen LogP contribution in [0.1, 0.15) is 27.7 Å². The quantitative estimate of drug-likeness (QED) is 0.745. The Bertz CT molecular complexity index is 339. The van der Waals surface area contributed by atoms with Crippen LogP contribution in [0.25, 0.3) is 0 Å². The molecule has 0 bridgehead atoms. The van der Waals surface area contributed by atoms with Gasteiger partial charge in [0.2, 0.25) is 5.91 Å². The van der Waals surface area contributed by atoms with E-state index in [-0.39, 0.29) is 16.4 Å². The SMILES string of the molecule is CN1CCN(C(=O)C(C)(C)C(N)=S)CC1(C)C. The molecular formula is C12H23N3OS. The zero-order valence-corrected chi connectivity index (χ0v) is 12.2. The van der Waals surface area contributed by atoms with Crippen LogP contribution in [0, 0.1) is 5.41 Å². The number of thiocarbonyl (C=S) groups is 1. The maximum atomic E-state index is 12.4. The molecule has 0 spiro atoms. The molecule has 1 heterocycles. The summed E-state index contributed by atoms with van der Waals surface area (Å²) in [5.41, 5.74) is 4.90. The van der Waals surface area contributed by atoms with Gasteiger partial charge in [0.05, 0.1) is 10.4 Å². The average Bonchev–Trinajstić information content (AvgIpc) is 2.20. The summed E-state index contributed by atoms with van der Waals surface area (Å²) < 4.78 is 0. The number of piperazine rings is 1. The van der Waals surface area contributed by atoms with Crippen LogP contribution in [-0.2, 0) is 4.79 Å². The average molecular weight is 257 g/mol. The second kappa shape index (κ2) is 4.53. The maximum absolute atomic E-state index is 12.4. The molecule has 0 aliphatic carbocycles. The molecule has 17 heavy (non-hydrogen) atoms. The number of carbonyl (C=O) groups excluding carboxylic acids is 1. The van der Waals surface area contributed by atoms with Gasteiger partial charge < -0.3 is 10.6 Å². The standard InChI is InChI=1S/C12H23N3OS/c1-11(2)8-15(7-6-14(11)5)10(16)12(3,4)9(13)17/h6-8H2,1-5H3,(H2,13,17). The van der Waals surface area contributed by atoms with Gasteiger partial charge in [-0.05, 0) is 34.7 Å². The minimum atomic E-state index is -0.749. The van der Waals surface area contributed by atoms with Crippen molar-refractivity contribution in [1.29, 1.82) is 0 Å². The lowest BCUT2D eigenvalue weighted by Crippen LogP contribution is -2.61. The van der Waals surface area contributed by atoms with Crippen molar-refractivity contribution >= 4 is 23.1 Å². The molecular weight excluding hydrogens is 234 g/mol. The highest BCUT2D eigenvalue weighted by Crippen LogP contribution is 2.25. The number of rotatable bonds is 2. The first-order valence-corrected chi connectivity index (χ1v) is 6.30. The molecule has 1 fully saturated rings. The van der Waals surface area contributed by atoms with Crippen LogP contribution in [0.2, 0.25) is 0 Å². The zero-order valence-electron chi connectivity index (χ0n) is 11.4. The lowest BCUT2D eigenvalue weighted by molar-refractivity contribution is -0.141. The zero-order chi connectivity index (χ0) is 13.4. The van der Waals surface area contributed by atoms with E-state index in [0.29, 0.717) is 6.54 Å². The summed E-state index contributed by atoms with van der Waals surface area (Å²) in [6.07, 6.45) is 0. The van der Waals surface area contributed by atoms with Crippen molar-refractivity contribution in [2.24, 2.45) is 11.1 Å². The van der Waals surface area contributed by atoms with E-state index >= 15 is 0 Å². The summed E-state index contributed by atoms with van der Waals surface area (Å²) in [5, 5.41) is 0. The Hall–Kier alpha value is -0.680. The topological polar surface area (TPSA) is 49.6 Å². The van der Waals surface area contributed by atoms with Crippen LogP contribution in [0.4, 0.5) is 0 Å². The number of hydrogen-bond acceptors (Lipinski definition) is 3. The van der Waals surface area contributed by atoms with E-state index in [2.05, 4.69) is 25.8 Å². The number of likely N-dealkylation sites (N-methyl/N-ethyl adjacent to an activating group) is 1. The monoisotopic (exact) mass is 257 g/mol. The van der Waals surface area contributed by atoms with Gasteiger partial charge in [0, 0.05) is 25.2 Å². The summed E-state index contributed by atoms with van der Waals surface area (Å²) in [5.74, 6) is 0.0335. The second-order valence-electron chi connectivity index (χ2n) is 5.95. The van der Waals surface area contributed by atoms with Crippen molar-refractivity contribution < 1.29 is 4.79 Å². The first kappa shape index (κ1) is 14.4. The molecule has 1 aliphatic rings. The van der Waals surface area contributed by atoms with Crippen molar-refractivity contribution in [3.05, 3.63) is 0 Å². The highest BCUT2D eigenvalue weighted by Gasteiger charge is 2.40. The molecule has 1 rings (SSSR count). The Balaban J connectivity index is 2.83. The summed E-state index contributed by atoms with van der Waals surface area (Å²) in [7, 11) is 2.08. The smallest absolute Gasteiger partial charge is 0.235 e. The molecule has 98 valence electrons. The predicted octanol–water partition coefficient (Wildman–Crippen LogP) is 0.851. The third-order valence-corrected chi connectivity index (χ3v) is 4.26. The van der Waals surface area contributed by atoms with Crippen LogP contribution < -0.4 is 5.73 Å². The fourth-order valence-electron chi connectivity index (χ4n) is 1.91. The van der Waals surface area contributed by atoms with Gasteiger partial charge >= 0.3 is 0 Å². The van der Waals surface area contributed by atoms with E-state index in [1.165, 1.54) is 0 Å². The van der Waals surface area contributed by atoms with E-state index < -0.39 is 5.41 Å². The van der Waals surface area contributed by atoms with Crippen LogP contribution >= 0.6 is 12.2 Å². The van der Waals surface area contributed by atoms with Gasteiger partial charge in [-0.2, -0.15) is 0 Å². The number of carbonyl (C=O) groups is 1. The van der Waals surface area contributed by atoms with Crippen molar-refractivity contribution in [1.82, 2.24) is 9.80 Å². The highest BCUT2D eigenvalue weighted by atomic mass is 32.1. The summed E-state index contributed by atoms with van der Waals surface area (Å²) in [6.45, 7) is 10.2. The predicted molar refractivity (Wildman–Crippen MR) is 73.9 cm³/mol. The molecule has 1 amide bonds. The Morgan fingerprint density at radius 2 is 1.88 bits per heavy atom. The van der Waals surface area contributed by atoms with E-state index in [0.717, 1.165) is 13.1 Å². The van der Waals surface area contributed by atoms with Crippen molar-refractivity contribution in [3.63, 3.8) is 0 Å². The number of nitrogens with two attached hydrogens (primary N) is 1. The molecule has 0 saturated carbocycles. The molecule has 5 heteroatoms. The van der Waals surface area contributed by atoms with Gasteiger partial charge in [-0.25, -0.2) is 0 Å². The van der Waals surface area contributed by atoms with E-state index in [1.54, 1.807) is 13.8 Å². The minimum absolute atomic E-state index is 0.000206. The molecule has 4 nitrogen and oxygen atoms in total. The van der Waals surface area contributed by atoms with Crippen molar-refractivity contribution in [2.45, 2.75) is 33.2 Å². The van der Waals surface area contributed by atoms with Crippen molar-refractivity contribution in [3.8, 4) is 0 Å². The lowest BCUT2D eigenvalue weighted by Gasteiger charge is -2.46. The van der Waals surface area contributed by atoms with Gasteiger partial charge in [0.15, 0.2) is 0 Å². The number of amides is 1. The lowest BCUT2D eigenvalue weighted by atomic mass is 9.89. The molecule has 1 saturated heterocycles. The Morgan fingerprint density at radius 3 is 2.29 bits per heavy atom. The molecule has 0 radical (unpaired) electrons. The van der Waals surface area contributed by atoms with Crippen LogP contribution in [0.3, 0.4) is 0 Å². The third kappa shape index (κ3) is 2.77. The molecule has 0 aromatic carbocycles. The highest BCUT2D eigenvalue weighted by molar-refractivity contribution is 7.80. The van der Waals surface area contributed by atoms with E-state index in [4.69, 9.17) is 18.0 Å². The van der Waals surface area contributed by atoms with Gasteiger partial charge in [0.25, 0.3) is 0 Å². The summed E-state index contributed by atoms with van der Waals surface area (Å²) >= 11 is 4.98. The first-order valence-electron chi connectivity index (χ1n) is 5.89. The van der Waals surface area contributed by atoms with Crippen LogP contribution in [-0.4, -0.2) is 52.9 Å². The van der Waals surface area contributed by atoms with Gasteiger partial charge in [-0.3, -0.25) is 9.69 Å². The largest absolute Gasteiger partial charge is 0.392 e. The number of hydrogen-bond donors (Lipinski definition) is 1. The maximum Gasteiger partial charge on any atom is 0.235 e. The fraction of sp³-hybridized carbons (Fsp3) is 0.833. The summed E-state index contributed by atoms with van der Waals surface area (Å²) in [6, 6.07) is 0. The molecule has 2 N–H and O–H groups in total. The Morgan fingerprint density at radius 1 is 1.35 bits per heavy atom. The minimum Gasteiger partial charge on any atom is -0.392 e. The van der Waals surface area contributed by atoms with Crippen LogP contribution in [0.5, 0.6) is 0 Å². The van der Waals surface area contributed by atoms with Gasteiger partial charge in [0.1, 0.15) is 0 Å². The van der Waals surface area contributed by atoms with Crippen LogP contribution in [0.15, 0.2) is 0 Å². The summed E-state index contributed by atoms with van der Waals surface area (Å²) in [4.78, 5) is 16.8. The first-order chi connectivity index (χ1) is 7.59. The molecule has 0 aromatic heterocycles. The van der Waals surface area contributed by atoms with Gasteiger partial charge in [-0.1, -0.05) is 12.2 Å². The van der Waals surface area contributed by atoms with E-state index in [1.807, 2.05) is 4.90 Å². The Kier molecular flexibility index (Phi) is 3.84. The molecule has 0 atom stereocenters. The Labute approximate surface area is 109 Å². The normalized spacial score (nSPS) is 21.4. The molecule has 0 unspecified atom stereocenters. The molecule has 0 aromatic rings. The van der Waals surface area contributed by atoms with Crippen molar-refractivity contribution in [2.75, 3.05) is 26.7 Å². The third-order valence-electron chi connectivity index (χ3n) is 3.75.